The fraction of sp³-hybridized carbons (Fsp3) is 0.500. The van der Waals surface area contributed by atoms with Crippen molar-refractivity contribution >= 4 is 16.8 Å². The quantitative estimate of drug-likeness (QED) is 0.281. The van der Waals surface area contributed by atoms with Crippen LogP contribution in [0.15, 0.2) is 23.1 Å². The molecular formula is C8H13NOS. The Morgan fingerprint density at radius 3 is 2.64 bits per heavy atom. The van der Waals surface area contributed by atoms with Crippen molar-refractivity contribution in [2.75, 3.05) is 19.9 Å². The van der Waals surface area contributed by atoms with Crippen LogP contribution in [0.25, 0.3) is 0 Å². The summed E-state index contributed by atoms with van der Waals surface area (Å²) in [5, 5.41) is 0.852. The van der Waals surface area contributed by atoms with Crippen LogP contribution in [0.4, 0.5) is 0 Å². The number of hydrogen-bond acceptors (Lipinski definition) is 3. The number of rotatable bonds is 3. The average Bonchev–Trinajstić information content (AvgIpc) is 2.05. The minimum Gasteiger partial charge on any atom is -0.487 e. The first-order valence-corrected chi connectivity index (χ1v) is 4.55. The van der Waals surface area contributed by atoms with Gasteiger partial charge in [-0.25, -0.2) is 0 Å². The maximum absolute atomic E-state index is 5.00. The first-order chi connectivity index (χ1) is 5.29. The normalized spacial score (nSPS) is 10.6. The van der Waals surface area contributed by atoms with E-state index in [1.807, 2.05) is 13.2 Å². The Hall–Kier alpha value is -0.660. The maximum atomic E-state index is 5.00. The van der Waals surface area contributed by atoms with Crippen molar-refractivity contribution in [3.05, 3.63) is 18.1 Å². The highest BCUT2D eigenvalue weighted by Gasteiger charge is 2.02. The van der Waals surface area contributed by atoms with E-state index in [0.717, 1.165) is 11.6 Å². The highest BCUT2D eigenvalue weighted by Crippen LogP contribution is 2.08. The zero-order chi connectivity index (χ0) is 8.69. The van der Waals surface area contributed by atoms with Crippen molar-refractivity contribution in [2.45, 2.75) is 6.92 Å². The van der Waals surface area contributed by atoms with Gasteiger partial charge in [-0.3, -0.25) is 4.99 Å². The first kappa shape index (κ1) is 10.3. The molecule has 0 N–H and O–H groups in total. The Kier molecular flexibility index (Phi) is 5.71. The molecule has 0 radical (unpaired) electrons. The van der Waals surface area contributed by atoms with Crippen molar-refractivity contribution in [2.24, 2.45) is 4.99 Å². The maximum Gasteiger partial charge on any atom is 0.193 e. The zero-order valence-electron chi connectivity index (χ0n) is 7.18. The first-order valence-electron chi connectivity index (χ1n) is 3.33. The Bertz CT molecular complexity index is 192. The number of ether oxygens (including phenoxy) is 1. The molecule has 0 spiro atoms. The summed E-state index contributed by atoms with van der Waals surface area (Å²) in [6.07, 6.45) is 1.95. The van der Waals surface area contributed by atoms with Crippen LogP contribution in [0.5, 0.6) is 0 Å². The molecule has 0 atom stereocenters. The molecule has 0 aliphatic heterocycles. The standard InChI is InChI=1S/C8H13NOS/c1-5-7(10-3)8(11-4)9-6-2/h1,6H2,2-4H3. The van der Waals surface area contributed by atoms with E-state index < -0.39 is 0 Å². The van der Waals surface area contributed by atoms with Gasteiger partial charge in [-0.15, -0.1) is 11.8 Å². The van der Waals surface area contributed by atoms with E-state index >= 15 is 0 Å². The van der Waals surface area contributed by atoms with Gasteiger partial charge in [0.15, 0.2) is 5.76 Å². The second-order valence-corrected chi connectivity index (χ2v) is 2.49. The molecule has 0 saturated heterocycles. The molecule has 0 aromatic carbocycles. The largest absolute Gasteiger partial charge is 0.487 e. The summed E-state index contributed by atoms with van der Waals surface area (Å²) in [5.74, 6) is 0.624. The molecule has 11 heavy (non-hydrogen) atoms. The topological polar surface area (TPSA) is 21.6 Å². The number of nitrogens with zero attached hydrogens (tertiary/aromatic N) is 1. The van der Waals surface area contributed by atoms with Crippen LogP contribution in [-0.2, 0) is 4.74 Å². The molecule has 0 aliphatic carbocycles. The highest BCUT2D eigenvalue weighted by atomic mass is 32.2. The van der Waals surface area contributed by atoms with Crippen LogP contribution in [0.3, 0.4) is 0 Å². The Morgan fingerprint density at radius 2 is 2.36 bits per heavy atom. The molecule has 0 aromatic heterocycles. The predicted octanol–water partition coefficient (Wildman–Crippen LogP) is 2.08. The van der Waals surface area contributed by atoms with Gasteiger partial charge in [-0.05, 0) is 13.2 Å². The van der Waals surface area contributed by atoms with Gasteiger partial charge in [0.25, 0.3) is 0 Å². The Balaban J connectivity index is 4.48. The van der Waals surface area contributed by atoms with Gasteiger partial charge in [0.2, 0.25) is 0 Å². The van der Waals surface area contributed by atoms with Gasteiger partial charge < -0.3 is 4.74 Å². The lowest BCUT2D eigenvalue weighted by atomic mass is 10.5. The summed E-state index contributed by atoms with van der Waals surface area (Å²) in [5.41, 5.74) is 2.68. The summed E-state index contributed by atoms with van der Waals surface area (Å²) in [6, 6.07) is 0. The lowest BCUT2D eigenvalue weighted by Gasteiger charge is -2.03. The van der Waals surface area contributed by atoms with Crippen molar-refractivity contribution in [3.8, 4) is 0 Å². The molecule has 3 heteroatoms. The number of thioether (sulfide) groups is 1. The summed E-state index contributed by atoms with van der Waals surface area (Å²) < 4.78 is 5.00. The highest BCUT2D eigenvalue weighted by molar-refractivity contribution is 8.13. The lowest BCUT2D eigenvalue weighted by Crippen LogP contribution is -1.99. The Labute approximate surface area is 72.0 Å². The third-order valence-electron chi connectivity index (χ3n) is 1.05. The van der Waals surface area contributed by atoms with E-state index in [1.165, 1.54) is 11.8 Å². The molecule has 0 aliphatic rings. The second-order valence-electron chi connectivity index (χ2n) is 1.69. The van der Waals surface area contributed by atoms with E-state index in [-0.39, 0.29) is 0 Å². The molecule has 0 saturated carbocycles. The summed E-state index contributed by atoms with van der Waals surface area (Å²) >= 11 is 1.54. The van der Waals surface area contributed by atoms with Crippen molar-refractivity contribution in [1.82, 2.24) is 0 Å². The van der Waals surface area contributed by atoms with E-state index in [1.54, 1.807) is 7.11 Å². The minimum atomic E-state index is 0.624. The number of hydrogen-bond donors (Lipinski definition) is 0. The van der Waals surface area contributed by atoms with E-state index in [4.69, 9.17) is 4.74 Å². The summed E-state index contributed by atoms with van der Waals surface area (Å²) in [4.78, 5) is 4.20. The van der Waals surface area contributed by atoms with Crippen LogP contribution >= 0.6 is 11.8 Å². The van der Waals surface area contributed by atoms with Crippen LogP contribution < -0.4 is 0 Å². The second kappa shape index (κ2) is 6.08. The lowest BCUT2D eigenvalue weighted by molar-refractivity contribution is 0.317. The van der Waals surface area contributed by atoms with Gasteiger partial charge in [-0.2, -0.15) is 0 Å². The van der Waals surface area contributed by atoms with Crippen LogP contribution in [-0.4, -0.2) is 25.0 Å². The van der Waals surface area contributed by atoms with Gasteiger partial charge in [0.1, 0.15) is 5.04 Å². The average molecular weight is 171 g/mol. The SMILES string of the molecule is C=C=C(OC)C(=NCC)SC. The third kappa shape index (κ3) is 3.30. The van der Waals surface area contributed by atoms with E-state index in [0.29, 0.717) is 5.76 Å². The fourth-order valence-electron chi connectivity index (χ4n) is 0.608. The molecule has 0 rings (SSSR count). The molecule has 0 fully saturated rings. The monoisotopic (exact) mass is 171 g/mol. The molecule has 0 amide bonds. The Morgan fingerprint density at radius 1 is 1.73 bits per heavy atom. The van der Waals surface area contributed by atoms with Crippen molar-refractivity contribution in [3.63, 3.8) is 0 Å². The van der Waals surface area contributed by atoms with E-state index in [9.17, 15) is 0 Å². The van der Waals surface area contributed by atoms with Crippen molar-refractivity contribution in [1.29, 1.82) is 0 Å². The molecule has 0 heterocycles. The molecule has 0 unspecified atom stereocenters. The minimum absolute atomic E-state index is 0.624. The molecule has 2 nitrogen and oxygen atoms in total. The number of aliphatic imine (C=N–C) groups is 1. The summed E-state index contributed by atoms with van der Waals surface area (Å²) in [6.45, 7) is 6.24. The number of methoxy groups -OCH3 is 1. The molecule has 0 bridgehead atoms. The van der Waals surface area contributed by atoms with E-state index in [2.05, 4.69) is 17.3 Å². The zero-order valence-corrected chi connectivity index (χ0v) is 7.99. The third-order valence-corrected chi connectivity index (χ3v) is 1.76. The smallest absolute Gasteiger partial charge is 0.193 e. The van der Waals surface area contributed by atoms with Gasteiger partial charge in [0.05, 0.1) is 7.11 Å². The van der Waals surface area contributed by atoms with Crippen LogP contribution in [0.2, 0.25) is 0 Å². The molecule has 62 valence electrons. The fourth-order valence-corrected chi connectivity index (χ4v) is 1.21. The summed E-state index contributed by atoms with van der Waals surface area (Å²) in [7, 11) is 1.59. The van der Waals surface area contributed by atoms with Crippen LogP contribution in [0.1, 0.15) is 6.92 Å². The molecular weight excluding hydrogens is 158 g/mol. The van der Waals surface area contributed by atoms with Gasteiger partial charge in [-0.1, -0.05) is 12.3 Å². The van der Waals surface area contributed by atoms with Gasteiger partial charge >= 0.3 is 0 Å². The van der Waals surface area contributed by atoms with Crippen molar-refractivity contribution < 1.29 is 4.74 Å². The van der Waals surface area contributed by atoms with Gasteiger partial charge in [0, 0.05) is 6.54 Å². The van der Waals surface area contributed by atoms with Crippen LogP contribution in [0, 0.1) is 0 Å². The predicted molar refractivity (Wildman–Crippen MR) is 51.2 cm³/mol. The molecule has 0 aromatic rings.